The standard InChI is InChI=1S/C12H22N2O3/c1-2-17-12(16)7-9-14-11(15)6-5-10-4-3-8-13-10/h10,13H,2-9H2,1H3,(H,14,15). The van der Waals surface area contributed by atoms with Gasteiger partial charge < -0.3 is 15.4 Å². The number of rotatable bonds is 7. The number of amides is 1. The van der Waals surface area contributed by atoms with Gasteiger partial charge in [-0.3, -0.25) is 9.59 Å². The van der Waals surface area contributed by atoms with E-state index in [2.05, 4.69) is 10.6 Å². The van der Waals surface area contributed by atoms with Crippen molar-refractivity contribution in [1.29, 1.82) is 0 Å². The van der Waals surface area contributed by atoms with E-state index >= 15 is 0 Å². The molecule has 1 aliphatic rings. The van der Waals surface area contributed by atoms with Crippen LogP contribution in [0.4, 0.5) is 0 Å². The lowest BCUT2D eigenvalue weighted by Crippen LogP contribution is -2.29. The fourth-order valence-electron chi connectivity index (χ4n) is 1.93. The molecule has 98 valence electrons. The van der Waals surface area contributed by atoms with Crippen LogP contribution < -0.4 is 10.6 Å². The van der Waals surface area contributed by atoms with Crippen LogP contribution in [-0.4, -0.2) is 37.6 Å². The fraction of sp³-hybridized carbons (Fsp3) is 0.833. The van der Waals surface area contributed by atoms with Crippen LogP contribution in [0.3, 0.4) is 0 Å². The lowest BCUT2D eigenvalue weighted by molar-refractivity contribution is -0.143. The van der Waals surface area contributed by atoms with E-state index in [1.165, 1.54) is 6.42 Å². The van der Waals surface area contributed by atoms with Crippen molar-refractivity contribution in [2.24, 2.45) is 0 Å². The van der Waals surface area contributed by atoms with Crippen LogP contribution >= 0.6 is 0 Å². The second-order valence-electron chi connectivity index (χ2n) is 4.24. The van der Waals surface area contributed by atoms with Crippen molar-refractivity contribution in [3.05, 3.63) is 0 Å². The van der Waals surface area contributed by atoms with Crippen molar-refractivity contribution in [3.63, 3.8) is 0 Å². The molecule has 0 spiro atoms. The molecule has 0 aromatic heterocycles. The molecule has 1 amide bonds. The maximum absolute atomic E-state index is 11.4. The Morgan fingerprint density at radius 1 is 1.41 bits per heavy atom. The van der Waals surface area contributed by atoms with E-state index in [0.29, 0.717) is 25.6 Å². The van der Waals surface area contributed by atoms with Crippen molar-refractivity contribution in [2.75, 3.05) is 19.7 Å². The minimum absolute atomic E-state index is 0.0167. The van der Waals surface area contributed by atoms with Crippen LogP contribution in [0, 0.1) is 0 Å². The first-order valence-corrected chi connectivity index (χ1v) is 6.38. The molecule has 0 saturated carbocycles. The van der Waals surface area contributed by atoms with Gasteiger partial charge in [0.1, 0.15) is 0 Å². The highest BCUT2D eigenvalue weighted by atomic mass is 16.5. The SMILES string of the molecule is CCOC(=O)CCNC(=O)CCC1CCCN1. The summed E-state index contributed by atoms with van der Waals surface area (Å²) < 4.78 is 4.76. The monoisotopic (exact) mass is 242 g/mol. The summed E-state index contributed by atoms with van der Waals surface area (Å²) in [4.78, 5) is 22.5. The predicted octanol–water partition coefficient (Wildman–Crippen LogP) is 0.588. The molecule has 0 aliphatic carbocycles. The molecule has 1 unspecified atom stereocenters. The first-order valence-electron chi connectivity index (χ1n) is 6.38. The number of hydrogen-bond acceptors (Lipinski definition) is 4. The number of hydrogen-bond donors (Lipinski definition) is 2. The summed E-state index contributed by atoms with van der Waals surface area (Å²) in [5.74, 6) is -0.242. The van der Waals surface area contributed by atoms with Crippen LogP contribution in [0.1, 0.15) is 39.0 Å². The van der Waals surface area contributed by atoms with E-state index in [-0.39, 0.29) is 18.3 Å². The molecule has 1 saturated heterocycles. The number of nitrogens with one attached hydrogen (secondary N) is 2. The van der Waals surface area contributed by atoms with E-state index in [1.807, 2.05) is 0 Å². The van der Waals surface area contributed by atoms with Gasteiger partial charge in [0.25, 0.3) is 0 Å². The van der Waals surface area contributed by atoms with Crippen LogP contribution in [0.5, 0.6) is 0 Å². The third-order valence-corrected chi connectivity index (χ3v) is 2.84. The fourth-order valence-corrected chi connectivity index (χ4v) is 1.93. The Morgan fingerprint density at radius 3 is 2.88 bits per heavy atom. The number of carbonyl (C=O) groups is 2. The van der Waals surface area contributed by atoms with Gasteiger partial charge in [0.15, 0.2) is 0 Å². The third-order valence-electron chi connectivity index (χ3n) is 2.84. The molecule has 17 heavy (non-hydrogen) atoms. The molecule has 5 nitrogen and oxygen atoms in total. The Kier molecular flexibility index (Phi) is 6.62. The molecule has 1 rings (SSSR count). The summed E-state index contributed by atoms with van der Waals surface area (Å²) in [5, 5.41) is 6.08. The molecule has 5 heteroatoms. The molecular weight excluding hydrogens is 220 g/mol. The minimum Gasteiger partial charge on any atom is -0.466 e. The van der Waals surface area contributed by atoms with Gasteiger partial charge in [-0.15, -0.1) is 0 Å². The molecule has 0 aromatic carbocycles. The highest BCUT2D eigenvalue weighted by Crippen LogP contribution is 2.10. The Balaban J connectivity index is 1.98. The lowest BCUT2D eigenvalue weighted by atomic mass is 10.1. The Bertz CT molecular complexity index is 250. The smallest absolute Gasteiger partial charge is 0.307 e. The van der Waals surface area contributed by atoms with E-state index in [0.717, 1.165) is 19.4 Å². The third kappa shape index (κ3) is 6.26. The van der Waals surface area contributed by atoms with Crippen LogP contribution in [0.15, 0.2) is 0 Å². The summed E-state index contributed by atoms with van der Waals surface area (Å²) in [5.41, 5.74) is 0. The van der Waals surface area contributed by atoms with E-state index < -0.39 is 0 Å². The largest absolute Gasteiger partial charge is 0.466 e. The maximum atomic E-state index is 11.4. The van der Waals surface area contributed by atoms with Crippen LogP contribution in [0.2, 0.25) is 0 Å². The van der Waals surface area contributed by atoms with E-state index in [1.54, 1.807) is 6.92 Å². The zero-order chi connectivity index (χ0) is 12.5. The first kappa shape index (κ1) is 14.0. The molecular formula is C12H22N2O3. The van der Waals surface area contributed by atoms with Gasteiger partial charge in [-0.05, 0) is 32.7 Å². The molecule has 2 N–H and O–H groups in total. The van der Waals surface area contributed by atoms with Gasteiger partial charge in [-0.25, -0.2) is 0 Å². The Hall–Kier alpha value is -1.10. The highest BCUT2D eigenvalue weighted by molar-refractivity contribution is 5.77. The van der Waals surface area contributed by atoms with Gasteiger partial charge in [-0.1, -0.05) is 0 Å². The Labute approximate surface area is 102 Å². The van der Waals surface area contributed by atoms with Gasteiger partial charge >= 0.3 is 5.97 Å². The number of esters is 1. The quantitative estimate of drug-likeness (QED) is 0.641. The molecule has 1 aliphatic heterocycles. The minimum atomic E-state index is -0.259. The van der Waals surface area contributed by atoms with Gasteiger partial charge in [0, 0.05) is 19.0 Å². The molecule has 1 fully saturated rings. The van der Waals surface area contributed by atoms with Gasteiger partial charge in [0.2, 0.25) is 5.91 Å². The summed E-state index contributed by atoms with van der Waals surface area (Å²) >= 11 is 0. The summed E-state index contributed by atoms with van der Waals surface area (Å²) in [7, 11) is 0. The number of ether oxygens (including phenoxy) is 1. The zero-order valence-corrected chi connectivity index (χ0v) is 10.5. The van der Waals surface area contributed by atoms with Crippen molar-refractivity contribution >= 4 is 11.9 Å². The van der Waals surface area contributed by atoms with Gasteiger partial charge in [0.05, 0.1) is 13.0 Å². The second kappa shape index (κ2) is 8.06. The summed E-state index contributed by atoms with van der Waals surface area (Å²) in [6.07, 6.45) is 4.03. The number of carbonyl (C=O) groups excluding carboxylic acids is 2. The lowest BCUT2D eigenvalue weighted by Gasteiger charge is -2.09. The van der Waals surface area contributed by atoms with Crippen molar-refractivity contribution in [2.45, 2.75) is 45.1 Å². The summed E-state index contributed by atoms with van der Waals surface area (Å²) in [6, 6.07) is 0.491. The average molecular weight is 242 g/mol. The molecule has 0 bridgehead atoms. The van der Waals surface area contributed by atoms with Crippen molar-refractivity contribution in [1.82, 2.24) is 10.6 Å². The zero-order valence-electron chi connectivity index (χ0n) is 10.5. The molecule has 1 heterocycles. The normalized spacial score (nSPS) is 19.0. The average Bonchev–Trinajstić information content (AvgIpc) is 2.79. The highest BCUT2D eigenvalue weighted by Gasteiger charge is 2.15. The summed E-state index contributed by atoms with van der Waals surface area (Å²) in [6.45, 7) is 3.59. The second-order valence-corrected chi connectivity index (χ2v) is 4.24. The first-order chi connectivity index (χ1) is 8.22. The molecule has 1 atom stereocenters. The topological polar surface area (TPSA) is 67.4 Å². The van der Waals surface area contributed by atoms with Crippen molar-refractivity contribution in [3.8, 4) is 0 Å². The Morgan fingerprint density at radius 2 is 2.24 bits per heavy atom. The van der Waals surface area contributed by atoms with Crippen LogP contribution in [0.25, 0.3) is 0 Å². The predicted molar refractivity (Wildman–Crippen MR) is 64.5 cm³/mol. The van der Waals surface area contributed by atoms with Crippen molar-refractivity contribution < 1.29 is 14.3 Å². The van der Waals surface area contributed by atoms with Crippen LogP contribution in [-0.2, 0) is 14.3 Å². The maximum Gasteiger partial charge on any atom is 0.307 e. The van der Waals surface area contributed by atoms with E-state index in [9.17, 15) is 9.59 Å². The van der Waals surface area contributed by atoms with Gasteiger partial charge in [-0.2, -0.15) is 0 Å². The molecule has 0 radical (unpaired) electrons. The van der Waals surface area contributed by atoms with E-state index in [4.69, 9.17) is 4.74 Å². The molecule has 0 aromatic rings.